The number of benzene rings is 1. The predicted molar refractivity (Wildman–Crippen MR) is 90.3 cm³/mol. The van der Waals surface area contributed by atoms with Gasteiger partial charge in [-0.3, -0.25) is 9.69 Å². The third kappa shape index (κ3) is 2.20. The lowest BCUT2D eigenvalue weighted by Crippen LogP contribution is -2.56. The van der Waals surface area contributed by atoms with Crippen LogP contribution < -0.4 is 9.47 Å². The zero-order chi connectivity index (χ0) is 16.8. The van der Waals surface area contributed by atoms with Gasteiger partial charge in [-0.2, -0.15) is 5.10 Å². The molecule has 0 spiro atoms. The summed E-state index contributed by atoms with van der Waals surface area (Å²) in [7, 11) is 3.26. The van der Waals surface area contributed by atoms with Crippen LogP contribution in [0, 0.1) is 5.92 Å². The monoisotopic (exact) mass is 329 g/mol. The first-order chi connectivity index (χ1) is 11.6. The van der Waals surface area contributed by atoms with Crippen LogP contribution in [0.2, 0.25) is 0 Å². The summed E-state index contributed by atoms with van der Waals surface area (Å²) in [5.41, 5.74) is 2.22. The average molecular weight is 329 g/mol. The summed E-state index contributed by atoms with van der Waals surface area (Å²) in [5.74, 6) is 1.88. The van der Waals surface area contributed by atoms with E-state index < -0.39 is 0 Å². The van der Waals surface area contributed by atoms with Gasteiger partial charge in [-0.05, 0) is 43.6 Å². The number of methoxy groups -OCH3 is 2. The minimum Gasteiger partial charge on any atom is -0.493 e. The lowest BCUT2D eigenvalue weighted by molar-refractivity contribution is -0.131. The number of piperidine rings is 3. The van der Waals surface area contributed by atoms with E-state index in [1.165, 1.54) is 5.71 Å². The fraction of sp³-hybridized carbons (Fsp3) is 0.556. The second-order valence-electron chi connectivity index (χ2n) is 6.70. The summed E-state index contributed by atoms with van der Waals surface area (Å²) in [6.07, 6.45) is 2.31. The first-order valence-corrected chi connectivity index (χ1v) is 8.48. The molecule has 2 atom stereocenters. The largest absolute Gasteiger partial charge is 0.493 e. The fourth-order valence-electron chi connectivity index (χ4n) is 4.35. The number of carbonyl (C=O) groups is 1. The van der Waals surface area contributed by atoms with Crippen molar-refractivity contribution < 1.29 is 14.3 Å². The highest BCUT2D eigenvalue weighted by Gasteiger charge is 2.50. The SMILES string of the molecule is COc1ccc(C2C3C(=NN2C(C)=O)C2CCN3CC2)cc1OC. The summed E-state index contributed by atoms with van der Waals surface area (Å²) >= 11 is 0. The molecule has 4 aliphatic rings. The molecule has 1 amide bonds. The zero-order valence-corrected chi connectivity index (χ0v) is 14.4. The van der Waals surface area contributed by atoms with Crippen molar-refractivity contribution in [3.63, 3.8) is 0 Å². The molecule has 6 nitrogen and oxygen atoms in total. The Morgan fingerprint density at radius 3 is 2.46 bits per heavy atom. The molecule has 3 saturated heterocycles. The molecular formula is C18H23N3O3. The van der Waals surface area contributed by atoms with Gasteiger partial charge in [0.15, 0.2) is 11.5 Å². The molecule has 1 aromatic carbocycles. The van der Waals surface area contributed by atoms with Crippen molar-refractivity contribution in [2.75, 3.05) is 27.3 Å². The molecule has 2 unspecified atom stereocenters. The first-order valence-electron chi connectivity index (χ1n) is 8.48. The molecule has 4 heterocycles. The number of fused-ring (bicyclic) bond motifs is 2. The summed E-state index contributed by atoms with van der Waals surface area (Å²) in [6, 6.07) is 6.01. The Morgan fingerprint density at radius 1 is 1.12 bits per heavy atom. The molecule has 6 heteroatoms. The van der Waals surface area contributed by atoms with Crippen molar-refractivity contribution in [3.05, 3.63) is 23.8 Å². The molecule has 0 N–H and O–H groups in total. The number of hydrazone groups is 1. The van der Waals surface area contributed by atoms with Crippen molar-refractivity contribution in [1.82, 2.24) is 9.91 Å². The summed E-state index contributed by atoms with van der Waals surface area (Å²) < 4.78 is 10.8. The topological polar surface area (TPSA) is 54.4 Å². The van der Waals surface area contributed by atoms with Crippen LogP contribution in [0.5, 0.6) is 11.5 Å². The van der Waals surface area contributed by atoms with Crippen LogP contribution in [0.25, 0.3) is 0 Å². The molecule has 5 rings (SSSR count). The van der Waals surface area contributed by atoms with Gasteiger partial charge in [0.25, 0.3) is 0 Å². The van der Waals surface area contributed by atoms with Gasteiger partial charge >= 0.3 is 0 Å². The molecule has 3 fully saturated rings. The molecule has 128 valence electrons. The van der Waals surface area contributed by atoms with Gasteiger partial charge < -0.3 is 9.47 Å². The zero-order valence-electron chi connectivity index (χ0n) is 14.4. The van der Waals surface area contributed by atoms with Crippen molar-refractivity contribution in [2.45, 2.75) is 31.8 Å². The van der Waals surface area contributed by atoms with E-state index in [1.807, 2.05) is 18.2 Å². The van der Waals surface area contributed by atoms with Crippen molar-refractivity contribution in [1.29, 1.82) is 0 Å². The summed E-state index contributed by atoms with van der Waals surface area (Å²) in [6.45, 7) is 3.76. The van der Waals surface area contributed by atoms with Crippen molar-refractivity contribution in [3.8, 4) is 11.5 Å². The van der Waals surface area contributed by atoms with Gasteiger partial charge in [0.05, 0.1) is 26.0 Å². The Labute approximate surface area is 142 Å². The molecule has 0 saturated carbocycles. The molecule has 1 aromatic rings. The van der Waals surface area contributed by atoms with Crippen LogP contribution in [0.3, 0.4) is 0 Å². The lowest BCUT2D eigenvalue weighted by atomic mass is 9.78. The van der Waals surface area contributed by atoms with E-state index in [0.29, 0.717) is 17.4 Å². The molecule has 0 aromatic heterocycles. The van der Waals surface area contributed by atoms with Crippen LogP contribution in [0.4, 0.5) is 0 Å². The minimum atomic E-state index is -0.0830. The molecule has 4 aliphatic heterocycles. The Kier molecular flexibility index (Phi) is 3.72. The average Bonchev–Trinajstić information content (AvgIpc) is 3.05. The summed E-state index contributed by atoms with van der Waals surface area (Å²) in [5, 5.41) is 6.40. The lowest BCUT2D eigenvalue weighted by Gasteiger charge is -2.46. The molecule has 0 radical (unpaired) electrons. The number of hydrogen-bond donors (Lipinski definition) is 0. The standard InChI is InChI=1S/C18H23N3O3/c1-11(22)21-17(13-4-5-14(23-2)15(10-13)24-3)18-16(19-21)12-6-8-20(18)9-7-12/h4-5,10,12,17-18H,6-9H2,1-3H3. The Bertz CT molecular complexity index is 695. The van der Waals surface area contributed by atoms with Gasteiger partial charge in [0, 0.05) is 12.8 Å². The van der Waals surface area contributed by atoms with Gasteiger partial charge in [-0.15, -0.1) is 0 Å². The van der Waals surface area contributed by atoms with E-state index in [0.717, 1.165) is 31.5 Å². The highest BCUT2D eigenvalue weighted by molar-refractivity contribution is 5.97. The summed E-state index contributed by atoms with van der Waals surface area (Å²) in [4.78, 5) is 14.7. The van der Waals surface area contributed by atoms with E-state index >= 15 is 0 Å². The van der Waals surface area contributed by atoms with Crippen LogP contribution in [-0.2, 0) is 4.79 Å². The Hall–Kier alpha value is -2.08. The first kappa shape index (κ1) is 15.4. The van der Waals surface area contributed by atoms with E-state index in [4.69, 9.17) is 14.6 Å². The minimum absolute atomic E-state index is 0.0164. The normalized spacial score (nSPS) is 30.8. The van der Waals surface area contributed by atoms with Gasteiger partial charge in [0.1, 0.15) is 6.04 Å². The van der Waals surface area contributed by atoms with E-state index in [9.17, 15) is 4.79 Å². The van der Waals surface area contributed by atoms with E-state index in [1.54, 1.807) is 26.2 Å². The van der Waals surface area contributed by atoms with Crippen LogP contribution in [0.1, 0.15) is 31.4 Å². The maximum atomic E-state index is 12.2. The fourth-order valence-corrected chi connectivity index (χ4v) is 4.35. The highest BCUT2D eigenvalue weighted by Crippen LogP contribution is 2.44. The number of ether oxygens (including phenoxy) is 2. The van der Waals surface area contributed by atoms with Crippen LogP contribution in [-0.4, -0.2) is 54.9 Å². The van der Waals surface area contributed by atoms with Gasteiger partial charge in [-0.1, -0.05) is 6.07 Å². The maximum Gasteiger partial charge on any atom is 0.240 e. The molecule has 2 bridgehead atoms. The quantitative estimate of drug-likeness (QED) is 0.852. The van der Waals surface area contributed by atoms with Crippen molar-refractivity contribution >= 4 is 11.6 Å². The molecule has 24 heavy (non-hydrogen) atoms. The molecular weight excluding hydrogens is 306 g/mol. The third-order valence-corrected chi connectivity index (χ3v) is 5.50. The Balaban J connectivity index is 1.77. The van der Waals surface area contributed by atoms with Gasteiger partial charge in [0.2, 0.25) is 5.91 Å². The van der Waals surface area contributed by atoms with Crippen molar-refractivity contribution in [2.24, 2.45) is 11.0 Å². The van der Waals surface area contributed by atoms with E-state index in [-0.39, 0.29) is 18.0 Å². The number of nitrogens with zero attached hydrogens (tertiary/aromatic N) is 3. The second-order valence-corrected chi connectivity index (χ2v) is 6.70. The Morgan fingerprint density at radius 2 is 1.83 bits per heavy atom. The maximum absolute atomic E-state index is 12.2. The van der Waals surface area contributed by atoms with Crippen LogP contribution >= 0.6 is 0 Å². The second kappa shape index (κ2) is 5.77. The van der Waals surface area contributed by atoms with E-state index in [2.05, 4.69) is 4.90 Å². The molecule has 0 aliphatic carbocycles. The smallest absolute Gasteiger partial charge is 0.240 e. The van der Waals surface area contributed by atoms with Gasteiger partial charge in [-0.25, -0.2) is 5.01 Å². The third-order valence-electron chi connectivity index (χ3n) is 5.50. The van der Waals surface area contributed by atoms with Crippen LogP contribution in [0.15, 0.2) is 23.3 Å². The number of rotatable bonds is 3. The highest BCUT2D eigenvalue weighted by atomic mass is 16.5. The number of hydrogen-bond acceptors (Lipinski definition) is 5. The predicted octanol–water partition coefficient (Wildman–Crippen LogP) is 2.06. The number of carbonyl (C=O) groups excluding carboxylic acids is 1. The number of amides is 1.